The summed E-state index contributed by atoms with van der Waals surface area (Å²) in [7, 11) is 0. The number of hydrogen-bond acceptors (Lipinski definition) is 2. The van der Waals surface area contributed by atoms with E-state index in [4.69, 9.17) is 0 Å². The molecule has 1 aliphatic rings. The van der Waals surface area contributed by atoms with Gasteiger partial charge in [-0.15, -0.1) is 0 Å². The topological polar surface area (TPSA) is 32.3 Å². The fourth-order valence-electron chi connectivity index (χ4n) is 1.67. The molecule has 0 aliphatic carbocycles. The molecule has 2 N–H and O–H groups in total. The zero-order chi connectivity index (χ0) is 11.7. The minimum absolute atomic E-state index is 0.693. The fraction of sp³-hybridized carbons (Fsp3) is 0.538. The van der Waals surface area contributed by atoms with Crippen LogP contribution in [0, 0.1) is 0 Å². The standard InChI is InChI=1S/C11H17NO.C2H6/c1-3-5-10(4-2)11(13)6-8-12-9-7-11;1-2/h3-5,12-13H,1-2,6-9H2;1-2H3/b10-5+;. The van der Waals surface area contributed by atoms with Gasteiger partial charge in [0.15, 0.2) is 0 Å². The smallest absolute Gasteiger partial charge is 0.0920 e. The first-order valence-corrected chi connectivity index (χ1v) is 5.62. The maximum absolute atomic E-state index is 10.2. The maximum Gasteiger partial charge on any atom is 0.0920 e. The molecule has 0 aromatic rings. The van der Waals surface area contributed by atoms with Crippen molar-refractivity contribution >= 4 is 0 Å². The van der Waals surface area contributed by atoms with Crippen LogP contribution >= 0.6 is 0 Å². The Kier molecular flexibility index (Phi) is 7.01. The van der Waals surface area contributed by atoms with Gasteiger partial charge < -0.3 is 10.4 Å². The number of aliphatic hydroxyl groups is 1. The van der Waals surface area contributed by atoms with Gasteiger partial charge in [-0.3, -0.25) is 0 Å². The summed E-state index contributed by atoms with van der Waals surface area (Å²) in [6, 6.07) is 0. The third kappa shape index (κ3) is 4.02. The Hall–Kier alpha value is -0.860. The molecular weight excluding hydrogens is 186 g/mol. The molecule has 1 heterocycles. The van der Waals surface area contributed by atoms with Crippen molar-refractivity contribution in [2.24, 2.45) is 0 Å². The Morgan fingerprint density at radius 2 is 1.80 bits per heavy atom. The average molecular weight is 209 g/mol. The molecule has 1 saturated heterocycles. The number of allylic oxidation sites excluding steroid dienone is 2. The highest BCUT2D eigenvalue weighted by Gasteiger charge is 2.31. The Bertz CT molecular complexity index is 225. The quantitative estimate of drug-likeness (QED) is 0.700. The Morgan fingerprint density at radius 3 is 2.20 bits per heavy atom. The van der Waals surface area contributed by atoms with Gasteiger partial charge in [-0.25, -0.2) is 0 Å². The molecule has 2 nitrogen and oxygen atoms in total. The second kappa shape index (κ2) is 7.43. The van der Waals surface area contributed by atoms with Crippen molar-refractivity contribution in [1.82, 2.24) is 5.32 Å². The van der Waals surface area contributed by atoms with Gasteiger partial charge in [0, 0.05) is 0 Å². The SMILES string of the molecule is C=C/C=C(\C=C)C1(O)CCNCC1.CC. The normalized spacial score (nSPS) is 19.8. The maximum atomic E-state index is 10.2. The van der Waals surface area contributed by atoms with E-state index in [1.807, 2.05) is 19.9 Å². The van der Waals surface area contributed by atoms with E-state index in [0.717, 1.165) is 31.5 Å². The van der Waals surface area contributed by atoms with E-state index >= 15 is 0 Å². The van der Waals surface area contributed by atoms with Crippen LogP contribution in [0.25, 0.3) is 0 Å². The van der Waals surface area contributed by atoms with Gasteiger partial charge in [-0.1, -0.05) is 45.2 Å². The van der Waals surface area contributed by atoms with E-state index in [0.29, 0.717) is 0 Å². The van der Waals surface area contributed by atoms with Crippen LogP contribution in [0.4, 0.5) is 0 Å². The highest BCUT2D eigenvalue weighted by molar-refractivity contribution is 5.31. The third-order valence-electron chi connectivity index (χ3n) is 2.49. The van der Waals surface area contributed by atoms with Crippen LogP contribution in [0.5, 0.6) is 0 Å². The number of rotatable bonds is 3. The van der Waals surface area contributed by atoms with Crippen LogP contribution < -0.4 is 5.32 Å². The molecule has 0 bridgehead atoms. The summed E-state index contributed by atoms with van der Waals surface area (Å²) < 4.78 is 0. The third-order valence-corrected chi connectivity index (χ3v) is 2.49. The van der Waals surface area contributed by atoms with Crippen LogP contribution in [-0.2, 0) is 0 Å². The first-order valence-electron chi connectivity index (χ1n) is 5.62. The molecule has 0 amide bonds. The zero-order valence-electron chi connectivity index (χ0n) is 9.92. The second-order valence-corrected chi connectivity index (χ2v) is 3.34. The molecule has 0 spiro atoms. The number of hydrogen-bond donors (Lipinski definition) is 2. The van der Waals surface area contributed by atoms with E-state index < -0.39 is 5.60 Å². The van der Waals surface area contributed by atoms with Gasteiger partial charge in [-0.2, -0.15) is 0 Å². The minimum Gasteiger partial charge on any atom is -0.385 e. The molecule has 0 aromatic carbocycles. The molecule has 2 heteroatoms. The van der Waals surface area contributed by atoms with Crippen molar-refractivity contribution in [3.05, 3.63) is 37.0 Å². The Labute approximate surface area is 93.4 Å². The molecule has 0 atom stereocenters. The lowest BCUT2D eigenvalue weighted by Gasteiger charge is -2.33. The van der Waals surface area contributed by atoms with Crippen molar-refractivity contribution in [1.29, 1.82) is 0 Å². The van der Waals surface area contributed by atoms with Gasteiger partial charge in [0.2, 0.25) is 0 Å². The second-order valence-electron chi connectivity index (χ2n) is 3.34. The summed E-state index contributed by atoms with van der Waals surface area (Å²) in [5, 5.41) is 13.4. The van der Waals surface area contributed by atoms with Crippen LogP contribution in [0.2, 0.25) is 0 Å². The zero-order valence-corrected chi connectivity index (χ0v) is 9.92. The molecule has 15 heavy (non-hydrogen) atoms. The molecule has 0 radical (unpaired) electrons. The Morgan fingerprint density at radius 1 is 1.27 bits per heavy atom. The van der Waals surface area contributed by atoms with E-state index in [1.54, 1.807) is 12.2 Å². The van der Waals surface area contributed by atoms with E-state index in [-0.39, 0.29) is 0 Å². The first-order chi connectivity index (χ1) is 7.23. The largest absolute Gasteiger partial charge is 0.385 e. The van der Waals surface area contributed by atoms with Crippen LogP contribution in [-0.4, -0.2) is 23.8 Å². The molecule has 0 aromatic heterocycles. The van der Waals surface area contributed by atoms with Crippen molar-refractivity contribution in [3.8, 4) is 0 Å². The predicted molar refractivity (Wildman–Crippen MR) is 66.9 cm³/mol. The summed E-state index contributed by atoms with van der Waals surface area (Å²) in [6.07, 6.45) is 6.74. The summed E-state index contributed by atoms with van der Waals surface area (Å²) in [5.74, 6) is 0. The van der Waals surface area contributed by atoms with E-state index in [2.05, 4.69) is 18.5 Å². The van der Waals surface area contributed by atoms with Gasteiger partial charge in [-0.05, 0) is 31.5 Å². The van der Waals surface area contributed by atoms with Crippen molar-refractivity contribution in [2.75, 3.05) is 13.1 Å². The first kappa shape index (κ1) is 14.1. The van der Waals surface area contributed by atoms with Gasteiger partial charge >= 0.3 is 0 Å². The van der Waals surface area contributed by atoms with Crippen molar-refractivity contribution in [2.45, 2.75) is 32.3 Å². The summed E-state index contributed by atoms with van der Waals surface area (Å²) in [5.41, 5.74) is 0.185. The molecular formula is C13H23NO. The van der Waals surface area contributed by atoms with Crippen molar-refractivity contribution < 1.29 is 5.11 Å². The number of piperidine rings is 1. The number of nitrogens with one attached hydrogen (secondary N) is 1. The molecule has 1 fully saturated rings. The van der Waals surface area contributed by atoms with Crippen LogP contribution in [0.15, 0.2) is 37.0 Å². The monoisotopic (exact) mass is 209 g/mol. The lowest BCUT2D eigenvalue weighted by Crippen LogP contribution is -2.42. The highest BCUT2D eigenvalue weighted by Crippen LogP contribution is 2.27. The lowest BCUT2D eigenvalue weighted by molar-refractivity contribution is 0.0498. The van der Waals surface area contributed by atoms with Crippen LogP contribution in [0.1, 0.15) is 26.7 Å². The van der Waals surface area contributed by atoms with E-state index in [9.17, 15) is 5.11 Å². The van der Waals surface area contributed by atoms with Gasteiger partial charge in [0.1, 0.15) is 0 Å². The van der Waals surface area contributed by atoms with Crippen LogP contribution in [0.3, 0.4) is 0 Å². The fourth-order valence-corrected chi connectivity index (χ4v) is 1.67. The van der Waals surface area contributed by atoms with Crippen molar-refractivity contribution in [3.63, 3.8) is 0 Å². The molecule has 1 aliphatic heterocycles. The molecule has 0 unspecified atom stereocenters. The molecule has 0 saturated carbocycles. The van der Waals surface area contributed by atoms with Gasteiger partial charge in [0.05, 0.1) is 5.60 Å². The predicted octanol–water partition coefficient (Wildman–Crippen LogP) is 2.43. The lowest BCUT2D eigenvalue weighted by atomic mass is 9.84. The molecule has 86 valence electrons. The summed E-state index contributed by atoms with van der Waals surface area (Å²) in [6.45, 7) is 13.0. The van der Waals surface area contributed by atoms with E-state index in [1.165, 1.54) is 0 Å². The molecule has 1 rings (SSSR count). The minimum atomic E-state index is -0.693. The average Bonchev–Trinajstić information content (AvgIpc) is 2.29. The summed E-state index contributed by atoms with van der Waals surface area (Å²) >= 11 is 0. The Balaban J connectivity index is 0.000000921. The highest BCUT2D eigenvalue weighted by atomic mass is 16.3. The summed E-state index contributed by atoms with van der Waals surface area (Å²) in [4.78, 5) is 0. The van der Waals surface area contributed by atoms with Gasteiger partial charge in [0.25, 0.3) is 0 Å².